The highest BCUT2D eigenvalue weighted by Gasteiger charge is 2.19. The van der Waals surface area contributed by atoms with Crippen LogP contribution in [0.5, 0.6) is 0 Å². The molecular formula is C20H23N3O3. The van der Waals surface area contributed by atoms with Gasteiger partial charge in [0, 0.05) is 32.0 Å². The standard InChI is InChI=1S/C20H23N3O3/c24-19(22-8-4-7-16-5-2-1-3-6-16)17-13-18(15-21-14-17)20(25)23-9-11-26-12-10-23/h1-3,5-6,13-15H,4,7-12H2,(H,22,24). The molecule has 6 nitrogen and oxygen atoms in total. The van der Waals surface area contributed by atoms with Crippen molar-refractivity contribution in [1.29, 1.82) is 0 Å². The van der Waals surface area contributed by atoms with Crippen LogP contribution in [0.25, 0.3) is 0 Å². The third-order valence-electron chi connectivity index (χ3n) is 4.32. The van der Waals surface area contributed by atoms with Gasteiger partial charge in [0.15, 0.2) is 0 Å². The normalized spacial score (nSPS) is 14.1. The molecule has 2 heterocycles. The molecule has 1 aromatic heterocycles. The molecule has 0 spiro atoms. The molecule has 3 rings (SSSR count). The van der Waals surface area contributed by atoms with Gasteiger partial charge in [0.2, 0.25) is 0 Å². The van der Waals surface area contributed by atoms with E-state index in [1.54, 1.807) is 11.0 Å². The minimum atomic E-state index is -0.206. The van der Waals surface area contributed by atoms with Crippen molar-refractivity contribution in [2.75, 3.05) is 32.8 Å². The molecule has 0 radical (unpaired) electrons. The van der Waals surface area contributed by atoms with Gasteiger partial charge in [0.1, 0.15) is 0 Å². The number of morpholine rings is 1. The predicted octanol–water partition coefficient (Wildman–Crippen LogP) is 1.92. The van der Waals surface area contributed by atoms with Gasteiger partial charge in [-0.3, -0.25) is 14.6 Å². The Labute approximate surface area is 153 Å². The summed E-state index contributed by atoms with van der Waals surface area (Å²) in [6.07, 6.45) is 4.76. The Bertz CT molecular complexity index is 743. The summed E-state index contributed by atoms with van der Waals surface area (Å²) in [6, 6.07) is 11.8. The van der Waals surface area contributed by atoms with E-state index in [0.717, 1.165) is 12.8 Å². The van der Waals surface area contributed by atoms with Crippen LogP contribution in [0.4, 0.5) is 0 Å². The lowest BCUT2D eigenvalue weighted by Gasteiger charge is -2.26. The molecule has 136 valence electrons. The second-order valence-corrected chi connectivity index (χ2v) is 6.21. The van der Waals surface area contributed by atoms with Gasteiger partial charge in [0.25, 0.3) is 11.8 Å². The number of pyridine rings is 1. The maximum Gasteiger partial charge on any atom is 0.255 e. The zero-order valence-electron chi connectivity index (χ0n) is 14.7. The number of carbonyl (C=O) groups is 2. The van der Waals surface area contributed by atoms with Gasteiger partial charge in [-0.05, 0) is 24.5 Å². The van der Waals surface area contributed by atoms with Crippen molar-refractivity contribution in [2.45, 2.75) is 12.8 Å². The topological polar surface area (TPSA) is 71.5 Å². The lowest BCUT2D eigenvalue weighted by Crippen LogP contribution is -2.40. The predicted molar refractivity (Wildman–Crippen MR) is 98.1 cm³/mol. The average Bonchev–Trinajstić information content (AvgIpc) is 2.72. The molecule has 1 saturated heterocycles. The second-order valence-electron chi connectivity index (χ2n) is 6.21. The summed E-state index contributed by atoms with van der Waals surface area (Å²) in [5, 5.41) is 2.89. The van der Waals surface area contributed by atoms with Gasteiger partial charge in [-0.2, -0.15) is 0 Å². The minimum absolute atomic E-state index is 0.112. The number of carbonyl (C=O) groups excluding carboxylic acids is 2. The average molecular weight is 353 g/mol. The Kier molecular flexibility index (Phi) is 6.33. The van der Waals surface area contributed by atoms with Gasteiger partial charge in [-0.25, -0.2) is 0 Å². The van der Waals surface area contributed by atoms with Crippen LogP contribution in [0.3, 0.4) is 0 Å². The molecule has 6 heteroatoms. The fourth-order valence-electron chi connectivity index (χ4n) is 2.87. The van der Waals surface area contributed by atoms with E-state index >= 15 is 0 Å². The third-order valence-corrected chi connectivity index (χ3v) is 4.32. The molecule has 0 bridgehead atoms. The van der Waals surface area contributed by atoms with E-state index < -0.39 is 0 Å². The van der Waals surface area contributed by atoms with E-state index in [-0.39, 0.29) is 11.8 Å². The van der Waals surface area contributed by atoms with Crippen molar-refractivity contribution in [3.63, 3.8) is 0 Å². The molecule has 2 aromatic rings. The van der Waals surface area contributed by atoms with Crippen molar-refractivity contribution in [3.8, 4) is 0 Å². The van der Waals surface area contributed by atoms with E-state index in [4.69, 9.17) is 4.74 Å². The molecule has 0 saturated carbocycles. The van der Waals surface area contributed by atoms with Crippen LogP contribution in [0.15, 0.2) is 48.8 Å². The molecule has 1 aromatic carbocycles. The van der Waals surface area contributed by atoms with Crippen LogP contribution in [0.2, 0.25) is 0 Å². The number of aryl methyl sites for hydroxylation is 1. The zero-order chi connectivity index (χ0) is 18.2. The molecule has 0 aliphatic carbocycles. The highest BCUT2D eigenvalue weighted by Crippen LogP contribution is 2.09. The molecule has 1 fully saturated rings. The first-order valence-corrected chi connectivity index (χ1v) is 8.88. The van der Waals surface area contributed by atoms with E-state index in [2.05, 4.69) is 22.4 Å². The summed E-state index contributed by atoms with van der Waals surface area (Å²) >= 11 is 0. The maximum absolute atomic E-state index is 12.5. The largest absolute Gasteiger partial charge is 0.378 e. The number of ether oxygens (including phenoxy) is 1. The van der Waals surface area contributed by atoms with E-state index in [0.29, 0.717) is 44.0 Å². The first kappa shape index (κ1) is 18.1. The summed E-state index contributed by atoms with van der Waals surface area (Å²) in [4.78, 5) is 30.6. The summed E-state index contributed by atoms with van der Waals surface area (Å²) in [5.41, 5.74) is 2.09. The molecule has 0 atom stereocenters. The molecular weight excluding hydrogens is 330 g/mol. The summed E-state index contributed by atoms with van der Waals surface area (Å²) in [5.74, 6) is -0.318. The highest BCUT2D eigenvalue weighted by molar-refractivity contribution is 5.99. The lowest BCUT2D eigenvalue weighted by atomic mass is 10.1. The SMILES string of the molecule is O=C(NCCCc1ccccc1)c1cncc(C(=O)N2CCOCC2)c1. The number of hydrogen-bond acceptors (Lipinski definition) is 4. The molecule has 2 amide bonds. The monoisotopic (exact) mass is 353 g/mol. The van der Waals surface area contributed by atoms with Crippen LogP contribution in [-0.4, -0.2) is 54.5 Å². The molecule has 1 aliphatic heterocycles. The fraction of sp³-hybridized carbons (Fsp3) is 0.350. The Morgan fingerprint density at radius 1 is 1.08 bits per heavy atom. The first-order valence-electron chi connectivity index (χ1n) is 8.88. The van der Waals surface area contributed by atoms with Gasteiger partial charge in [-0.1, -0.05) is 30.3 Å². The number of nitrogens with one attached hydrogen (secondary N) is 1. The number of benzene rings is 1. The van der Waals surface area contributed by atoms with Gasteiger partial charge < -0.3 is 15.0 Å². The number of aromatic nitrogens is 1. The highest BCUT2D eigenvalue weighted by atomic mass is 16.5. The van der Waals surface area contributed by atoms with Gasteiger partial charge in [0.05, 0.1) is 24.3 Å². The van der Waals surface area contributed by atoms with Crippen LogP contribution in [-0.2, 0) is 11.2 Å². The Morgan fingerprint density at radius 3 is 2.58 bits per heavy atom. The molecule has 1 N–H and O–H groups in total. The van der Waals surface area contributed by atoms with E-state index in [1.807, 2.05) is 18.2 Å². The van der Waals surface area contributed by atoms with Crippen molar-refractivity contribution in [1.82, 2.24) is 15.2 Å². The van der Waals surface area contributed by atoms with Crippen molar-refractivity contribution >= 4 is 11.8 Å². The van der Waals surface area contributed by atoms with Crippen LogP contribution >= 0.6 is 0 Å². The fourth-order valence-corrected chi connectivity index (χ4v) is 2.87. The van der Waals surface area contributed by atoms with Crippen LogP contribution < -0.4 is 5.32 Å². The minimum Gasteiger partial charge on any atom is -0.378 e. The van der Waals surface area contributed by atoms with E-state index in [9.17, 15) is 9.59 Å². The Balaban J connectivity index is 1.52. The summed E-state index contributed by atoms with van der Waals surface area (Å²) in [7, 11) is 0. The lowest BCUT2D eigenvalue weighted by molar-refractivity contribution is 0.0302. The number of amides is 2. The maximum atomic E-state index is 12.5. The number of rotatable bonds is 6. The zero-order valence-corrected chi connectivity index (χ0v) is 14.7. The van der Waals surface area contributed by atoms with Crippen molar-refractivity contribution < 1.29 is 14.3 Å². The quantitative estimate of drug-likeness (QED) is 0.806. The van der Waals surface area contributed by atoms with Crippen LogP contribution in [0.1, 0.15) is 32.7 Å². The third kappa shape index (κ3) is 4.89. The van der Waals surface area contributed by atoms with Crippen molar-refractivity contribution in [2.24, 2.45) is 0 Å². The molecule has 26 heavy (non-hydrogen) atoms. The van der Waals surface area contributed by atoms with Gasteiger partial charge >= 0.3 is 0 Å². The molecule has 1 aliphatic rings. The van der Waals surface area contributed by atoms with Crippen molar-refractivity contribution in [3.05, 3.63) is 65.5 Å². The Morgan fingerprint density at radius 2 is 1.81 bits per heavy atom. The Hall–Kier alpha value is -2.73. The van der Waals surface area contributed by atoms with Crippen LogP contribution in [0, 0.1) is 0 Å². The van der Waals surface area contributed by atoms with Gasteiger partial charge in [-0.15, -0.1) is 0 Å². The second kappa shape index (κ2) is 9.10. The summed E-state index contributed by atoms with van der Waals surface area (Å²) < 4.78 is 5.26. The first-order chi connectivity index (χ1) is 12.7. The number of nitrogens with zero attached hydrogens (tertiary/aromatic N) is 2. The van der Waals surface area contributed by atoms with E-state index in [1.165, 1.54) is 18.0 Å². The smallest absolute Gasteiger partial charge is 0.255 e. The summed E-state index contributed by atoms with van der Waals surface area (Å²) in [6.45, 7) is 2.79. The number of hydrogen-bond donors (Lipinski definition) is 1. The molecule has 0 unspecified atom stereocenters.